The summed E-state index contributed by atoms with van der Waals surface area (Å²) in [7, 11) is 0. The van der Waals surface area contributed by atoms with Gasteiger partial charge in [-0.15, -0.1) is 0 Å². The largest absolute Gasteiger partial charge is 0.509 e. The van der Waals surface area contributed by atoms with Crippen molar-refractivity contribution in [1.82, 2.24) is 0 Å². The molecule has 0 aliphatic heterocycles. The van der Waals surface area contributed by atoms with Gasteiger partial charge in [0.1, 0.15) is 23.0 Å². The highest BCUT2D eigenvalue weighted by Gasteiger charge is 1.95. The molecule has 0 aliphatic carbocycles. The molecule has 0 heterocycles. The van der Waals surface area contributed by atoms with E-state index in [-0.39, 0.29) is 23.0 Å². The van der Waals surface area contributed by atoms with E-state index >= 15 is 0 Å². The van der Waals surface area contributed by atoms with Crippen LogP contribution in [0.4, 0.5) is 0 Å². The lowest BCUT2D eigenvalue weighted by Crippen LogP contribution is -1.74. The van der Waals surface area contributed by atoms with Crippen LogP contribution in [0, 0.1) is 0 Å². The number of phenols is 3. The Labute approximate surface area is 135 Å². The third-order valence-corrected chi connectivity index (χ3v) is 2.65. The molecule has 4 heteroatoms. The molecule has 0 saturated carbocycles. The lowest BCUT2D eigenvalue weighted by molar-refractivity contribution is 0.435. The molecule has 0 saturated heterocycles. The van der Waals surface area contributed by atoms with E-state index in [1.165, 1.54) is 12.1 Å². The highest BCUT2D eigenvalue weighted by Crippen LogP contribution is 2.22. The van der Waals surface area contributed by atoms with E-state index in [0.29, 0.717) is 5.56 Å². The van der Waals surface area contributed by atoms with Gasteiger partial charge in [-0.25, -0.2) is 0 Å². The lowest BCUT2D eigenvalue weighted by Gasteiger charge is -1.98. The third kappa shape index (κ3) is 7.43. The third-order valence-electron chi connectivity index (χ3n) is 2.65. The van der Waals surface area contributed by atoms with Crippen molar-refractivity contribution >= 4 is 12.2 Å². The molecule has 0 unspecified atom stereocenters. The summed E-state index contributed by atoms with van der Waals surface area (Å²) in [6.45, 7) is 5.03. The number of aliphatic hydroxyl groups excluding tert-OH is 1. The Morgan fingerprint density at radius 1 is 0.826 bits per heavy atom. The first-order valence-electron chi connectivity index (χ1n) is 6.91. The van der Waals surface area contributed by atoms with Crippen LogP contribution in [-0.2, 0) is 0 Å². The van der Waals surface area contributed by atoms with Crippen molar-refractivity contribution in [2.45, 2.75) is 6.92 Å². The van der Waals surface area contributed by atoms with E-state index in [2.05, 4.69) is 6.58 Å². The summed E-state index contributed by atoms with van der Waals surface area (Å²) in [5.74, 6) is 0.375. The van der Waals surface area contributed by atoms with Gasteiger partial charge < -0.3 is 20.4 Å². The van der Waals surface area contributed by atoms with Gasteiger partial charge in [-0.05, 0) is 48.4 Å². The first kappa shape index (κ1) is 17.9. The average Bonchev–Trinajstić information content (AvgIpc) is 2.46. The van der Waals surface area contributed by atoms with Crippen LogP contribution in [0.15, 0.2) is 67.0 Å². The summed E-state index contributed by atoms with van der Waals surface area (Å²) < 4.78 is 0. The molecule has 4 nitrogen and oxygen atoms in total. The zero-order valence-corrected chi connectivity index (χ0v) is 12.8. The van der Waals surface area contributed by atoms with Crippen LogP contribution >= 0.6 is 0 Å². The fraction of sp³-hybridized carbons (Fsp3) is 0.0526. The molecule has 2 aromatic carbocycles. The molecule has 0 amide bonds. The molecule has 0 fully saturated rings. The maximum Gasteiger partial charge on any atom is 0.119 e. The van der Waals surface area contributed by atoms with Crippen molar-refractivity contribution in [1.29, 1.82) is 0 Å². The minimum absolute atomic E-state index is 0.0235. The number of aromatic hydroxyl groups is 3. The van der Waals surface area contributed by atoms with Crippen molar-refractivity contribution in [3.05, 3.63) is 78.1 Å². The van der Waals surface area contributed by atoms with Gasteiger partial charge >= 0.3 is 0 Å². The Bertz CT molecular complexity index is 678. The molecule has 0 aliphatic rings. The Kier molecular flexibility index (Phi) is 7.01. The number of benzene rings is 2. The molecule has 0 radical (unpaired) electrons. The molecule has 0 spiro atoms. The molecule has 0 bridgehead atoms. The molecular formula is C19H20O4. The normalized spacial score (nSPS) is 10.5. The fourth-order valence-electron chi connectivity index (χ4n) is 1.68. The zero-order valence-electron chi connectivity index (χ0n) is 12.8. The van der Waals surface area contributed by atoms with Gasteiger partial charge in [-0.2, -0.15) is 0 Å². The van der Waals surface area contributed by atoms with E-state index in [0.717, 1.165) is 5.56 Å². The Morgan fingerprint density at radius 3 is 1.78 bits per heavy atom. The molecule has 0 atom stereocenters. The van der Waals surface area contributed by atoms with Crippen LogP contribution in [0.5, 0.6) is 17.2 Å². The van der Waals surface area contributed by atoms with Crippen LogP contribution in [0.25, 0.3) is 12.2 Å². The van der Waals surface area contributed by atoms with Gasteiger partial charge in [-0.3, -0.25) is 0 Å². The Hall–Kier alpha value is -3.14. The van der Waals surface area contributed by atoms with E-state index in [1.54, 1.807) is 48.6 Å². The first-order chi connectivity index (χ1) is 10.9. The highest BCUT2D eigenvalue weighted by atomic mass is 16.3. The maximum atomic E-state index is 9.30. The smallest absolute Gasteiger partial charge is 0.119 e. The predicted molar refractivity (Wildman–Crippen MR) is 93.4 cm³/mol. The van der Waals surface area contributed by atoms with E-state index in [9.17, 15) is 10.2 Å². The maximum absolute atomic E-state index is 9.30. The lowest BCUT2D eigenvalue weighted by atomic mass is 10.1. The molecule has 0 aromatic heterocycles. The summed E-state index contributed by atoms with van der Waals surface area (Å²) in [5, 5.41) is 36.0. The summed E-state index contributed by atoms with van der Waals surface area (Å²) in [6.07, 6.45) is 6.85. The van der Waals surface area contributed by atoms with Gasteiger partial charge in [0.2, 0.25) is 0 Å². The van der Waals surface area contributed by atoms with E-state index in [4.69, 9.17) is 10.2 Å². The average molecular weight is 312 g/mol. The SMILES string of the molecule is C=C(O)/C=C\C.Oc1ccc(/C=C/c2cc(O)cc(O)c2)cc1. The molecule has 120 valence electrons. The molecular weight excluding hydrogens is 292 g/mol. The standard InChI is InChI=1S/C14H12O3.C5H8O/c15-12-5-3-10(4-6-12)1-2-11-7-13(16)9-14(17)8-11;1-3-4-5(2)6/h1-9,15-17H;3-4,6H,2H2,1H3/b2-1+;4-3-. The minimum Gasteiger partial charge on any atom is -0.509 e. The summed E-state index contributed by atoms with van der Waals surface area (Å²) >= 11 is 0. The number of hydrogen-bond donors (Lipinski definition) is 4. The van der Waals surface area contributed by atoms with Gasteiger partial charge in [-0.1, -0.05) is 36.9 Å². The summed E-state index contributed by atoms with van der Waals surface area (Å²) in [4.78, 5) is 0. The van der Waals surface area contributed by atoms with Crippen molar-refractivity contribution in [2.24, 2.45) is 0 Å². The molecule has 2 rings (SSSR count). The Morgan fingerprint density at radius 2 is 1.35 bits per heavy atom. The minimum atomic E-state index is 0.0235. The van der Waals surface area contributed by atoms with Gasteiger partial charge in [0, 0.05) is 6.07 Å². The van der Waals surface area contributed by atoms with Crippen molar-refractivity contribution < 1.29 is 20.4 Å². The van der Waals surface area contributed by atoms with Crippen molar-refractivity contribution in [3.63, 3.8) is 0 Å². The number of phenolic OH excluding ortho intramolecular Hbond substituents is 3. The second-order valence-electron chi connectivity index (χ2n) is 4.70. The monoisotopic (exact) mass is 312 g/mol. The second kappa shape index (κ2) is 9.00. The van der Waals surface area contributed by atoms with E-state index < -0.39 is 0 Å². The first-order valence-corrected chi connectivity index (χ1v) is 6.91. The van der Waals surface area contributed by atoms with Crippen LogP contribution in [0.1, 0.15) is 18.1 Å². The van der Waals surface area contributed by atoms with Crippen molar-refractivity contribution in [3.8, 4) is 17.2 Å². The van der Waals surface area contributed by atoms with Crippen LogP contribution in [0.2, 0.25) is 0 Å². The topological polar surface area (TPSA) is 80.9 Å². The van der Waals surface area contributed by atoms with Gasteiger partial charge in [0.15, 0.2) is 0 Å². The fourth-order valence-corrected chi connectivity index (χ4v) is 1.68. The molecule has 23 heavy (non-hydrogen) atoms. The number of rotatable bonds is 3. The van der Waals surface area contributed by atoms with Crippen LogP contribution in [0.3, 0.4) is 0 Å². The van der Waals surface area contributed by atoms with Crippen LogP contribution < -0.4 is 0 Å². The number of allylic oxidation sites excluding steroid dienone is 2. The van der Waals surface area contributed by atoms with E-state index in [1.807, 2.05) is 13.0 Å². The zero-order chi connectivity index (χ0) is 17.2. The van der Waals surface area contributed by atoms with Gasteiger partial charge in [0.25, 0.3) is 0 Å². The van der Waals surface area contributed by atoms with Gasteiger partial charge in [0.05, 0.1) is 0 Å². The summed E-state index contributed by atoms with van der Waals surface area (Å²) in [5.41, 5.74) is 1.63. The molecule has 2 aromatic rings. The predicted octanol–water partition coefficient (Wildman–Crippen LogP) is 4.61. The molecule has 4 N–H and O–H groups in total. The number of hydrogen-bond acceptors (Lipinski definition) is 4. The Balaban J connectivity index is 0.000000379. The number of aliphatic hydroxyl groups is 1. The quantitative estimate of drug-likeness (QED) is 0.379. The second-order valence-corrected chi connectivity index (χ2v) is 4.70. The summed E-state index contributed by atoms with van der Waals surface area (Å²) in [6, 6.07) is 11.1. The highest BCUT2D eigenvalue weighted by molar-refractivity contribution is 5.71. The van der Waals surface area contributed by atoms with Crippen molar-refractivity contribution in [2.75, 3.05) is 0 Å². The van der Waals surface area contributed by atoms with Crippen LogP contribution in [-0.4, -0.2) is 20.4 Å².